The minimum atomic E-state index is -1.48. The minimum absolute atomic E-state index is 0.0490. The van der Waals surface area contributed by atoms with E-state index in [-0.39, 0.29) is 93.5 Å². The van der Waals surface area contributed by atoms with Crippen molar-refractivity contribution in [3.63, 3.8) is 0 Å². The molecule has 100 heavy (non-hydrogen) atoms. The lowest BCUT2D eigenvalue weighted by atomic mass is 9.98. The zero-order chi connectivity index (χ0) is 77.0. The van der Waals surface area contributed by atoms with Gasteiger partial charge in [-0.25, -0.2) is 4.79 Å². The van der Waals surface area contributed by atoms with Gasteiger partial charge in [0.15, 0.2) is 0 Å². The summed E-state index contributed by atoms with van der Waals surface area (Å²) in [6.07, 6.45) is 2.21. The molecule has 0 aromatic heterocycles. The van der Waals surface area contributed by atoms with Crippen LogP contribution in [0.2, 0.25) is 0 Å². The summed E-state index contributed by atoms with van der Waals surface area (Å²) in [5, 5.41) is 43.2. The van der Waals surface area contributed by atoms with Crippen LogP contribution in [0.1, 0.15) is 201 Å². The van der Waals surface area contributed by atoms with E-state index in [1.54, 1.807) is 62.3 Å². The second-order valence-electron chi connectivity index (χ2n) is 28.3. The molecule has 0 aliphatic carbocycles. The van der Waals surface area contributed by atoms with Crippen LogP contribution in [0.5, 0.6) is 0 Å². The van der Waals surface area contributed by atoms with Crippen LogP contribution in [0.25, 0.3) is 0 Å². The number of amides is 14. The summed E-state index contributed by atoms with van der Waals surface area (Å²) < 4.78 is 0. The molecule has 0 aliphatic rings. The van der Waals surface area contributed by atoms with E-state index in [9.17, 15) is 77.0 Å². The summed E-state index contributed by atoms with van der Waals surface area (Å²) in [4.78, 5) is 202. The van der Waals surface area contributed by atoms with Crippen LogP contribution in [0.15, 0.2) is 0 Å². The van der Waals surface area contributed by atoms with Crippen molar-refractivity contribution >= 4 is 88.7 Å². The van der Waals surface area contributed by atoms with Crippen LogP contribution in [-0.4, -0.2) is 191 Å². The molecular formula is C67H123N17O16. The zero-order valence-electron chi connectivity index (χ0n) is 62.0. The first-order valence-electron chi connectivity index (χ1n) is 35.1. The Morgan fingerprint density at radius 2 is 0.520 bits per heavy atom. The van der Waals surface area contributed by atoms with E-state index in [1.165, 1.54) is 34.6 Å². The Balaban J connectivity index is 6.20. The van der Waals surface area contributed by atoms with Gasteiger partial charge in [0, 0.05) is 0 Å². The largest absolute Gasteiger partial charge is 0.480 e. The number of nitrogens with two attached hydrogens (primary N) is 4. The number of carboxylic acids is 1. The Morgan fingerprint density at radius 1 is 0.300 bits per heavy atom. The number of carbonyl (C=O) groups excluding carboxylic acids is 14. The van der Waals surface area contributed by atoms with Crippen LogP contribution < -0.4 is 92.1 Å². The third-order valence-corrected chi connectivity index (χ3v) is 16.2. The van der Waals surface area contributed by atoms with Crippen molar-refractivity contribution in [2.24, 2.45) is 58.4 Å². The number of hydrogen-bond acceptors (Lipinski definition) is 18. The molecule has 0 aliphatic heterocycles. The molecule has 572 valence electrons. The third-order valence-electron chi connectivity index (χ3n) is 16.2. The third kappa shape index (κ3) is 36.3. The standard InChI is InChI=1S/C67H123N17O16/c1-18-38(12)53(71)66(98)83-50(32-52(70)85)65(97)82-49(30-36(8)9)63(95)78-45(24-20-22-26-69)60(92)74-42(16)57(89)80-46(27-33(2)3)61(93)75-39(13)54(86)72-40(14)56(88)79-47(28-34(4)5)62(94)76-41(15)55(87)77-44(23-19-21-25-68)59(91)73-43(17)58(90)81-48(29-35(6)7)64(96)84-51(67(99)100)31-37(10)11/h33-51,53H,18-32,68-69,71H2,1-17H3,(H2,70,85)(H,72,86)(H,73,91)(H,74,92)(H,75,93)(H,76,94)(H,77,87)(H,78,95)(H,79,88)(H,80,89)(H,81,90)(H,82,97)(H,83,98)(H,84,96)(H,99,100)/t38-,39-,40-,41-,42-,43-,44-,45-,46-,47-,48-,49-,50-,51-,53-/m0/s1. The zero-order valence-corrected chi connectivity index (χ0v) is 62.0. The maximum atomic E-state index is 14.0. The van der Waals surface area contributed by atoms with Crippen molar-refractivity contribution in [2.45, 2.75) is 286 Å². The molecule has 0 bridgehead atoms. The Morgan fingerprint density at radius 3 is 0.800 bits per heavy atom. The Labute approximate surface area is 590 Å². The van der Waals surface area contributed by atoms with Gasteiger partial charge in [0.2, 0.25) is 82.7 Å². The lowest BCUT2D eigenvalue weighted by Crippen LogP contribution is -2.60. The van der Waals surface area contributed by atoms with Crippen LogP contribution in [0.3, 0.4) is 0 Å². The first kappa shape index (κ1) is 91.9. The van der Waals surface area contributed by atoms with Crippen molar-refractivity contribution < 1.29 is 77.0 Å². The van der Waals surface area contributed by atoms with Crippen molar-refractivity contribution in [1.29, 1.82) is 0 Å². The molecule has 0 radical (unpaired) electrons. The van der Waals surface area contributed by atoms with E-state index in [4.69, 9.17) is 22.9 Å². The predicted molar refractivity (Wildman–Crippen MR) is 375 cm³/mol. The summed E-state index contributed by atoms with van der Waals surface area (Å²) in [6.45, 7) is 28.7. The summed E-state index contributed by atoms with van der Waals surface area (Å²) in [5.74, 6) is -13.4. The van der Waals surface area contributed by atoms with Gasteiger partial charge in [0.25, 0.3) is 0 Å². The number of carbonyl (C=O) groups is 15. The van der Waals surface area contributed by atoms with Gasteiger partial charge in [-0.1, -0.05) is 89.5 Å². The van der Waals surface area contributed by atoms with Gasteiger partial charge < -0.3 is 97.2 Å². The minimum Gasteiger partial charge on any atom is -0.480 e. The van der Waals surface area contributed by atoms with Gasteiger partial charge in [-0.2, -0.15) is 0 Å². The van der Waals surface area contributed by atoms with Crippen molar-refractivity contribution in [3.8, 4) is 0 Å². The number of aliphatic carboxylic acids is 1. The lowest BCUT2D eigenvalue weighted by Gasteiger charge is -2.28. The van der Waals surface area contributed by atoms with E-state index in [0.717, 1.165) is 0 Å². The van der Waals surface area contributed by atoms with Crippen LogP contribution in [-0.2, 0) is 71.9 Å². The molecule has 0 aromatic rings. The molecule has 0 aromatic carbocycles. The first-order valence-corrected chi connectivity index (χ1v) is 35.1. The number of rotatable bonds is 49. The Hall–Kier alpha value is -8.07. The second kappa shape index (κ2) is 47.1. The molecule has 0 unspecified atom stereocenters. The van der Waals surface area contributed by atoms with Gasteiger partial charge in [-0.3, -0.25) is 67.1 Å². The molecule has 0 rings (SSSR count). The topological polar surface area (TPSA) is 537 Å². The molecule has 0 saturated heterocycles. The maximum Gasteiger partial charge on any atom is 0.326 e. The van der Waals surface area contributed by atoms with Crippen molar-refractivity contribution in [1.82, 2.24) is 69.1 Å². The highest BCUT2D eigenvalue weighted by molar-refractivity contribution is 6.00. The number of carboxylic acid groups (broad SMARTS) is 1. The number of nitrogens with one attached hydrogen (secondary N) is 13. The van der Waals surface area contributed by atoms with Gasteiger partial charge >= 0.3 is 5.97 Å². The Bertz CT molecular complexity index is 2720. The average molecular weight is 1420 g/mol. The van der Waals surface area contributed by atoms with Gasteiger partial charge in [0.1, 0.15) is 78.5 Å². The molecule has 15 atom stereocenters. The quantitative estimate of drug-likeness (QED) is 0.0299. The molecule has 0 fully saturated rings. The summed E-state index contributed by atoms with van der Waals surface area (Å²) in [6, 6.07) is -17.6. The first-order chi connectivity index (χ1) is 46.5. The lowest BCUT2D eigenvalue weighted by molar-refractivity contribution is -0.143. The van der Waals surface area contributed by atoms with E-state index < -0.39 is 180 Å². The fraction of sp³-hybridized carbons (Fsp3) is 0.776. The summed E-state index contributed by atoms with van der Waals surface area (Å²) in [5.41, 5.74) is 23.0. The highest BCUT2D eigenvalue weighted by Crippen LogP contribution is 2.14. The molecule has 14 amide bonds. The van der Waals surface area contributed by atoms with Gasteiger partial charge in [-0.05, 0) is 154 Å². The average Bonchev–Trinajstić information content (AvgIpc) is 0.872. The molecule has 0 saturated carbocycles. The maximum absolute atomic E-state index is 14.0. The van der Waals surface area contributed by atoms with E-state index in [1.807, 2.05) is 20.8 Å². The molecule has 0 heterocycles. The number of unbranched alkanes of at least 4 members (excludes halogenated alkanes) is 2. The van der Waals surface area contributed by atoms with Crippen LogP contribution >= 0.6 is 0 Å². The molecule has 33 nitrogen and oxygen atoms in total. The molecule has 0 spiro atoms. The monoisotopic (exact) mass is 1420 g/mol. The SMILES string of the molecule is CC[C@H](C)[C@H](N)C(=O)N[C@@H](CC(N)=O)C(=O)N[C@@H](CC(C)C)C(=O)N[C@@H](CCCCN)C(=O)N[C@@H](C)C(=O)N[C@@H](CC(C)C)C(=O)N[C@@H](C)C(=O)N[C@@H](C)C(=O)N[C@@H](CC(C)C)C(=O)N[C@@H](C)C(=O)N[C@@H](CCCCN)C(=O)N[C@@H](C)C(=O)N[C@@H](CC(C)C)C(=O)N[C@@H](CC(C)C)C(=O)O. The number of hydrogen-bond donors (Lipinski definition) is 18. The van der Waals surface area contributed by atoms with Crippen LogP contribution in [0, 0.1) is 35.5 Å². The van der Waals surface area contributed by atoms with Crippen molar-refractivity contribution in [3.05, 3.63) is 0 Å². The van der Waals surface area contributed by atoms with Crippen molar-refractivity contribution in [2.75, 3.05) is 13.1 Å². The van der Waals surface area contributed by atoms with Crippen LogP contribution in [0.4, 0.5) is 0 Å². The summed E-state index contributed by atoms with van der Waals surface area (Å²) >= 11 is 0. The summed E-state index contributed by atoms with van der Waals surface area (Å²) in [7, 11) is 0. The highest BCUT2D eigenvalue weighted by atomic mass is 16.4. The smallest absolute Gasteiger partial charge is 0.326 e. The number of primary amides is 1. The predicted octanol–water partition coefficient (Wildman–Crippen LogP) is -1.79. The van der Waals surface area contributed by atoms with Gasteiger partial charge in [0.05, 0.1) is 12.5 Å². The molecular weight excluding hydrogens is 1300 g/mol. The molecule has 22 N–H and O–H groups in total. The van der Waals surface area contributed by atoms with E-state index in [2.05, 4.69) is 69.1 Å². The van der Waals surface area contributed by atoms with E-state index in [0.29, 0.717) is 32.1 Å². The van der Waals surface area contributed by atoms with Gasteiger partial charge in [-0.15, -0.1) is 0 Å². The fourth-order valence-corrected chi connectivity index (χ4v) is 10.1. The second-order valence-corrected chi connectivity index (χ2v) is 28.3. The fourth-order valence-electron chi connectivity index (χ4n) is 10.1. The highest BCUT2D eigenvalue weighted by Gasteiger charge is 2.37. The van der Waals surface area contributed by atoms with E-state index >= 15 is 0 Å². The normalized spacial score (nSPS) is 15.9. The Kier molecular flexibility index (Phi) is 43.3. The molecule has 33 heteroatoms.